The minimum absolute atomic E-state index is 0.00787. The molecule has 3 rings (SSSR count). The number of carbonyl (C=O) groups excluding carboxylic acids is 1. The van der Waals surface area contributed by atoms with E-state index in [4.69, 9.17) is 9.05 Å². The minimum atomic E-state index is -3.15. The highest BCUT2D eigenvalue weighted by Gasteiger charge is 2.25. The van der Waals surface area contributed by atoms with E-state index in [0.717, 1.165) is 30.6 Å². The van der Waals surface area contributed by atoms with Gasteiger partial charge in [-0.2, -0.15) is 0 Å². The van der Waals surface area contributed by atoms with Gasteiger partial charge in [-0.05, 0) is 56.0 Å². The molecule has 0 fully saturated rings. The predicted octanol–water partition coefficient (Wildman–Crippen LogP) is 5.05. The molecule has 2 aromatic carbocycles. The molecule has 0 saturated heterocycles. The highest BCUT2D eigenvalue weighted by Crippen LogP contribution is 2.51. The Labute approximate surface area is 160 Å². The number of benzene rings is 2. The van der Waals surface area contributed by atoms with Crippen LogP contribution in [0, 0.1) is 0 Å². The summed E-state index contributed by atoms with van der Waals surface area (Å²) in [5, 5.41) is 0. The van der Waals surface area contributed by atoms with Gasteiger partial charge >= 0.3 is 7.60 Å². The van der Waals surface area contributed by atoms with Gasteiger partial charge in [-0.1, -0.05) is 30.3 Å². The van der Waals surface area contributed by atoms with E-state index >= 15 is 0 Å². The van der Waals surface area contributed by atoms with Crippen LogP contribution in [-0.4, -0.2) is 25.7 Å². The Hall–Kier alpha value is -1.94. The Bertz CT molecular complexity index is 824. The molecule has 1 amide bonds. The number of hydrogen-bond donors (Lipinski definition) is 0. The number of aryl methyl sites for hydroxylation is 1. The van der Waals surface area contributed by atoms with Crippen LogP contribution < -0.4 is 4.90 Å². The number of para-hydroxylation sites is 1. The zero-order valence-electron chi connectivity index (χ0n) is 15.9. The standard InChI is InChI=1S/C21H26NO4P/c1-3-25-27(24,26-4-2)16-17-11-13-19(14-12-17)21(23)22-15-7-9-18-8-5-6-10-20(18)22/h5-6,8,10-14H,3-4,7,9,15-16H2,1-2H3. The fourth-order valence-corrected chi connectivity index (χ4v) is 5.10. The molecule has 1 aliphatic heterocycles. The minimum Gasteiger partial charge on any atom is -0.309 e. The third-order valence-electron chi connectivity index (χ3n) is 4.58. The maximum atomic E-state index is 13.0. The molecule has 0 saturated carbocycles. The predicted molar refractivity (Wildman–Crippen MR) is 107 cm³/mol. The van der Waals surface area contributed by atoms with Gasteiger partial charge in [0.15, 0.2) is 0 Å². The highest BCUT2D eigenvalue weighted by atomic mass is 31.2. The largest absolute Gasteiger partial charge is 0.335 e. The molecule has 0 N–H and O–H groups in total. The first-order valence-corrected chi connectivity index (χ1v) is 11.2. The maximum Gasteiger partial charge on any atom is 0.335 e. The van der Waals surface area contributed by atoms with Crippen molar-refractivity contribution in [2.24, 2.45) is 0 Å². The number of amides is 1. The fraction of sp³-hybridized carbons (Fsp3) is 0.381. The van der Waals surface area contributed by atoms with Crippen molar-refractivity contribution in [1.29, 1.82) is 0 Å². The van der Waals surface area contributed by atoms with Gasteiger partial charge < -0.3 is 13.9 Å². The van der Waals surface area contributed by atoms with Gasteiger partial charge in [0.2, 0.25) is 0 Å². The van der Waals surface area contributed by atoms with E-state index in [1.807, 2.05) is 35.2 Å². The van der Waals surface area contributed by atoms with E-state index in [2.05, 4.69) is 6.07 Å². The number of anilines is 1. The second-order valence-electron chi connectivity index (χ2n) is 6.49. The van der Waals surface area contributed by atoms with Gasteiger partial charge in [0, 0.05) is 17.8 Å². The van der Waals surface area contributed by atoms with Crippen molar-refractivity contribution >= 4 is 19.2 Å². The Morgan fingerprint density at radius 2 is 1.70 bits per heavy atom. The number of fused-ring (bicyclic) bond motifs is 1. The first-order valence-electron chi connectivity index (χ1n) is 9.43. The van der Waals surface area contributed by atoms with Crippen molar-refractivity contribution in [2.75, 3.05) is 24.7 Å². The summed E-state index contributed by atoms with van der Waals surface area (Å²) in [7, 11) is -3.15. The zero-order valence-corrected chi connectivity index (χ0v) is 16.8. The lowest BCUT2D eigenvalue weighted by Gasteiger charge is -2.29. The highest BCUT2D eigenvalue weighted by molar-refractivity contribution is 7.53. The lowest BCUT2D eigenvalue weighted by atomic mass is 10.0. The van der Waals surface area contributed by atoms with Crippen LogP contribution in [-0.2, 0) is 26.2 Å². The lowest BCUT2D eigenvalue weighted by Crippen LogP contribution is -2.35. The van der Waals surface area contributed by atoms with E-state index in [1.54, 1.807) is 26.0 Å². The summed E-state index contributed by atoms with van der Waals surface area (Å²) in [6, 6.07) is 15.3. The molecule has 0 atom stereocenters. The number of hydrogen-bond acceptors (Lipinski definition) is 4. The third-order valence-corrected chi connectivity index (χ3v) is 6.64. The van der Waals surface area contributed by atoms with E-state index in [9.17, 15) is 9.36 Å². The van der Waals surface area contributed by atoms with Crippen LogP contribution in [0.3, 0.4) is 0 Å². The van der Waals surface area contributed by atoms with Crippen LogP contribution in [0.25, 0.3) is 0 Å². The molecule has 0 aromatic heterocycles. The smallest absolute Gasteiger partial charge is 0.309 e. The molecular formula is C21H26NO4P. The molecule has 6 heteroatoms. The third kappa shape index (κ3) is 4.67. The average molecular weight is 387 g/mol. The average Bonchev–Trinajstić information content (AvgIpc) is 2.68. The van der Waals surface area contributed by atoms with Crippen LogP contribution in [0.5, 0.6) is 0 Å². The molecule has 0 spiro atoms. The summed E-state index contributed by atoms with van der Waals surface area (Å²) in [5.41, 5.74) is 3.66. The normalized spacial score (nSPS) is 14.1. The van der Waals surface area contributed by atoms with Gasteiger partial charge in [-0.3, -0.25) is 9.36 Å². The molecule has 0 aliphatic carbocycles. The molecule has 144 valence electrons. The monoisotopic (exact) mass is 387 g/mol. The van der Waals surface area contributed by atoms with Crippen molar-refractivity contribution in [1.82, 2.24) is 0 Å². The van der Waals surface area contributed by atoms with Crippen LogP contribution in [0.1, 0.15) is 41.8 Å². The van der Waals surface area contributed by atoms with Crippen LogP contribution in [0.4, 0.5) is 5.69 Å². The second kappa shape index (κ2) is 8.83. The van der Waals surface area contributed by atoms with Gasteiger partial charge in [0.05, 0.1) is 19.4 Å². The lowest BCUT2D eigenvalue weighted by molar-refractivity contribution is 0.0985. The second-order valence-corrected chi connectivity index (χ2v) is 8.54. The number of rotatable bonds is 7. The Balaban J connectivity index is 1.76. The fourth-order valence-electron chi connectivity index (χ4n) is 3.40. The molecule has 1 heterocycles. The van der Waals surface area contributed by atoms with E-state index in [0.29, 0.717) is 18.8 Å². The Morgan fingerprint density at radius 1 is 1.04 bits per heavy atom. The van der Waals surface area contributed by atoms with Gasteiger partial charge in [-0.15, -0.1) is 0 Å². The maximum absolute atomic E-state index is 13.0. The Kier molecular flexibility index (Phi) is 6.48. The molecule has 0 radical (unpaired) electrons. The number of nitrogens with zero attached hydrogens (tertiary/aromatic N) is 1. The van der Waals surface area contributed by atoms with Crippen molar-refractivity contribution in [3.63, 3.8) is 0 Å². The van der Waals surface area contributed by atoms with Gasteiger partial charge in [0.1, 0.15) is 0 Å². The first kappa shape index (κ1) is 19.8. The molecule has 0 unspecified atom stereocenters. The SMILES string of the molecule is CCOP(=O)(Cc1ccc(C(=O)N2CCCc3ccccc32)cc1)OCC. The molecule has 2 aromatic rings. The molecule has 0 bridgehead atoms. The summed E-state index contributed by atoms with van der Waals surface area (Å²) < 4.78 is 23.4. The van der Waals surface area contributed by atoms with E-state index in [1.165, 1.54) is 5.56 Å². The molecular weight excluding hydrogens is 361 g/mol. The zero-order chi connectivity index (χ0) is 19.3. The summed E-state index contributed by atoms with van der Waals surface area (Å²) in [4.78, 5) is 14.8. The van der Waals surface area contributed by atoms with Crippen molar-refractivity contribution in [2.45, 2.75) is 32.9 Å². The Morgan fingerprint density at radius 3 is 2.37 bits per heavy atom. The summed E-state index contributed by atoms with van der Waals surface area (Å²) in [6.45, 7) is 4.99. The van der Waals surface area contributed by atoms with Crippen molar-refractivity contribution in [3.8, 4) is 0 Å². The summed E-state index contributed by atoms with van der Waals surface area (Å²) >= 11 is 0. The van der Waals surface area contributed by atoms with Crippen molar-refractivity contribution < 1.29 is 18.4 Å². The number of carbonyl (C=O) groups is 1. The van der Waals surface area contributed by atoms with Gasteiger partial charge in [0.25, 0.3) is 5.91 Å². The van der Waals surface area contributed by atoms with Crippen LogP contribution in [0.2, 0.25) is 0 Å². The van der Waals surface area contributed by atoms with Crippen LogP contribution >= 0.6 is 7.60 Å². The summed E-state index contributed by atoms with van der Waals surface area (Å²) in [6.07, 6.45) is 2.17. The topological polar surface area (TPSA) is 55.8 Å². The van der Waals surface area contributed by atoms with E-state index < -0.39 is 7.60 Å². The van der Waals surface area contributed by atoms with Crippen LogP contribution in [0.15, 0.2) is 48.5 Å². The first-order chi connectivity index (χ1) is 13.1. The quantitative estimate of drug-likeness (QED) is 0.624. The van der Waals surface area contributed by atoms with E-state index in [-0.39, 0.29) is 12.1 Å². The molecule has 1 aliphatic rings. The molecule has 5 nitrogen and oxygen atoms in total. The summed E-state index contributed by atoms with van der Waals surface area (Å²) in [5.74, 6) is -0.00787. The van der Waals surface area contributed by atoms with Crippen molar-refractivity contribution in [3.05, 3.63) is 65.2 Å². The van der Waals surface area contributed by atoms with Gasteiger partial charge in [-0.25, -0.2) is 0 Å². The molecule has 27 heavy (non-hydrogen) atoms.